The Morgan fingerprint density at radius 1 is 1.07 bits per heavy atom. The molecule has 0 aromatic heterocycles. The summed E-state index contributed by atoms with van der Waals surface area (Å²) >= 11 is 0. The van der Waals surface area contributed by atoms with Crippen molar-refractivity contribution in [1.82, 2.24) is 9.21 Å². The van der Waals surface area contributed by atoms with Crippen molar-refractivity contribution < 1.29 is 18.1 Å². The second-order valence-corrected chi connectivity index (χ2v) is 10.4. The number of piperidine rings is 1. The van der Waals surface area contributed by atoms with Crippen molar-refractivity contribution in [2.75, 3.05) is 45.8 Å². The highest BCUT2D eigenvalue weighted by Crippen LogP contribution is 2.22. The molecule has 0 unspecified atom stereocenters. The zero-order chi connectivity index (χ0) is 20.4. The van der Waals surface area contributed by atoms with Crippen LogP contribution in [0.4, 0.5) is 0 Å². The van der Waals surface area contributed by atoms with Crippen molar-refractivity contribution >= 4 is 26.7 Å². The summed E-state index contributed by atoms with van der Waals surface area (Å²) in [5, 5.41) is 1.96. The Kier molecular flexibility index (Phi) is 5.90. The average molecular weight is 417 g/mol. The van der Waals surface area contributed by atoms with Crippen LogP contribution in [-0.2, 0) is 14.8 Å². The first-order chi connectivity index (χ1) is 13.9. The molecular formula is C22H30N3O3S+. The fraction of sp³-hybridized carbons (Fsp3) is 0.500. The standard InChI is InChI=1S/C22H29N3O3S/c1-18-5-4-10-24(16-18)22(26)17-23-11-13-25(14-12-23)29(27,28)21-9-8-19-6-2-3-7-20(19)15-21/h2-3,6-9,15,18H,4-5,10-14,16-17H2,1H3/p+1/t18-/m1/s1. The Balaban J connectivity index is 1.37. The van der Waals surface area contributed by atoms with E-state index in [1.807, 2.05) is 35.2 Å². The highest BCUT2D eigenvalue weighted by molar-refractivity contribution is 7.89. The molecule has 2 fully saturated rings. The van der Waals surface area contributed by atoms with Crippen LogP contribution in [0.2, 0.25) is 0 Å². The van der Waals surface area contributed by atoms with Crippen LogP contribution in [0.3, 0.4) is 0 Å². The Morgan fingerprint density at radius 2 is 1.79 bits per heavy atom. The summed E-state index contributed by atoms with van der Waals surface area (Å²) in [5.74, 6) is 0.782. The number of hydrogen-bond donors (Lipinski definition) is 1. The number of benzene rings is 2. The van der Waals surface area contributed by atoms with Gasteiger partial charge in [-0.15, -0.1) is 0 Å². The molecule has 2 aromatic rings. The van der Waals surface area contributed by atoms with Gasteiger partial charge in [-0.2, -0.15) is 4.31 Å². The van der Waals surface area contributed by atoms with E-state index in [0.29, 0.717) is 43.5 Å². The van der Waals surface area contributed by atoms with Crippen molar-refractivity contribution in [3.05, 3.63) is 42.5 Å². The van der Waals surface area contributed by atoms with Crippen LogP contribution in [0.1, 0.15) is 19.8 Å². The number of hydrogen-bond acceptors (Lipinski definition) is 3. The van der Waals surface area contributed by atoms with Gasteiger partial charge in [0.05, 0.1) is 31.1 Å². The molecule has 2 aliphatic rings. The summed E-state index contributed by atoms with van der Waals surface area (Å²) in [7, 11) is -3.51. The van der Waals surface area contributed by atoms with Gasteiger partial charge in [0.1, 0.15) is 0 Å². The molecule has 0 bridgehead atoms. The van der Waals surface area contributed by atoms with Crippen molar-refractivity contribution in [2.45, 2.75) is 24.7 Å². The predicted molar refractivity (Wildman–Crippen MR) is 113 cm³/mol. The quantitative estimate of drug-likeness (QED) is 0.809. The molecule has 2 heterocycles. The zero-order valence-corrected chi connectivity index (χ0v) is 17.8. The maximum atomic E-state index is 13.1. The summed E-state index contributed by atoms with van der Waals surface area (Å²) in [4.78, 5) is 16.1. The normalized spacial score (nSPS) is 22.1. The van der Waals surface area contributed by atoms with Crippen LogP contribution < -0.4 is 4.90 Å². The van der Waals surface area contributed by atoms with Crippen LogP contribution in [0, 0.1) is 5.92 Å². The molecule has 1 amide bonds. The predicted octanol–water partition coefficient (Wildman–Crippen LogP) is 0.988. The molecular weight excluding hydrogens is 386 g/mol. The van der Waals surface area contributed by atoms with E-state index >= 15 is 0 Å². The van der Waals surface area contributed by atoms with Crippen molar-refractivity contribution in [3.63, 3.8) is 0 Å². The highest BCUT2D eigenvalue weighted by atomic mass is 32.2. The van der Waals surface area contributed by atoms with Crippen LogP contribution in [0.25, 0.3) is 10.8 Å². The summed E-state index contributed by atoms with van der Waals surface area (Å²) in [6.07, 6.45) is 2.28. The average Bonchev–Trinajstić information content (AvgIpc) is 2.74. The molecule has 0 radical (unpaired) electrons. The third-order valence-electron chi connectivity index (χ3n) is 6.20. The largest absolute Gasteiger partial charge is 0.338 e. The van der Waals surface area contributed by atoms with E-state index in [-0.39, 0.29) is 5.91 Å². The molecule has 0 saturated carbocycles. The molecule has 6 nitrogen and oxygen atoms in total. The Hall–Kier alpha value is -1.96. The Labute approximate surface area is 173 Å². The number of likely N-dealkylation sites (tertiary alicyclic amines) is 1. The van der Waals surface area contributed by atoms with Gasteiger partial charge in [-0.25, -0.2) is 8.42 Å². The number of rotatable bonds is 4. The van der Waals surface area contributed by atoms with Gasteiger partial charge in [0.25, 0.3) is 5.91 Å². The second-order valence-electron chi connectivity index (χ2n) is 8.43. The maximum absolute atomic E-state index is 13.1. The van der Waals surface area contributed by atoms with Gasteiger partial charge < -0.3 is 9.80 Å². The first-order valence-corrected chi connectivity index (χ1v) is 12.0. The SMILES string of the molecule is C[C@@H]1CCCN(C(=O)C[NH+]2CCN(S(=O)(=O)c3ccc4ccccc4c3)CC2)C1. The zero-order valence-electron chi connectivity index (χ0n) is 17.0. The molecule has 1 atom stereocenters. The summed E-state index contributed by atoms with van der Waals surface area (Å²) in [5.41, 5.74) is 0. The van der Waals surface area contributed by atoms with Crippen molar-refractivity contribution in [2.24, 2.45) is 5.92 Å². The summed E-state index contributed by atoms with van der Waals surface area (Å²) < 4.78 is 27.7. The molecule has 2 aromatic carbocycles. The molecule has 4 rings (SSSR count). The minimum Gasteiger partial charge on any atom is -0.338 e. The fourth-order valence-corrected chi connectivity index (χ4v) is 5.92. The number of quaternary nitrogens is 1. The molecule has 0 aliphatic carbocycles. The minimum absolute atomic E-state index is 0.206. The van der Waals surface area contributed by atoms with Gasteiger partial charge >= 0.3 is 0 Å². The van der Waals surface area contributed by atoms with E-state index in [0.717, 1.165) is 30.3 Å². The van der Waals surface area contributed by atoms with Crippen molar-refractivity contribution in [1.29, 1.82) is 0 Å². The summed E-state index contributed by atoms with van der Waals surface area (Å²) in [6, 6.07) is 13.1. The first-order valence-electron chi connectivity index (χ1n) is 10.5. The minimum atomic E-state index is -3.51. The topological polar surface area (TPSA) is 62.1 Å². The van der Waals surface area contributed by atoms with E-state index in [1.165, 1.54) is 11.3 Å². The van der Waals surface area contributed by atoms with E-state index < -0.39 is 10.0 Å². The lowest BCUT2D eigenvalue weighted by atomic mass is 10.0. The van der Waals surface area contributed by atoms with Gasteiger partial charge in [0.15, 0.2) is 6.54 Å². The number of amides is 1. The van der Waals surface area contributed by atoms with Gasteiger partial charge in [0, 0.05) is 13.1 Å². The third kappa shape index (κ3) is 4.47. The monoisotopic (exact) mass is 416 g/mol. The van der Waals surface area contributed by atoms with Crippen LogP contribution in [-0.4, -0.2) is 69.3 Å². The van der Waals surface area contributed by atoms with Crippen LogP contribution >= 0.6 is 0 Å². The first kappa shape index (κ1) is 20.3. The Bertz CT molecular complexity index is 984. The number of piperazine rings is 1. The van der Waals surface area contributed by atoms with E-state index in [2.05, 4.69) is 6.92 Å². The lowest BCUT2D eigenvalue weighted by Gasteiger charge is -2.34. The molecule has 0 spiro atoms. The molecule has 2 saturated heterocycles. The van der Waals surface area contributed by atoms with E-state index in [4.69, 9.17) is 0 Å². The van der Waals surface area contributed by atoms with E-state index in [9.17, 15) is 13.2 Å². The smallest absolute Gasteiger partial charge is 0.277 e. The molecule has 7 heteroatoms. The number of sulfonamides is 1. The number of fused-ring (bicyclic) bond motifs is 1. The second kappa shape index (κ2) is 8.42. The van der Waals surface area contributed by atoms with Gasteiger partial charge in [-0.3, -0.25) is 4.79 Å². The fourth-order valence-electron chi connectivity index (χ4n) is 4.44. The highest BCUT2D eigenvalue weighted by Gasteiger charge is 2.32. The maximum Gasteiger partial charge on any atom is 0.277 e. The molecule has 2 aliphatic heterocycles. The van der Waals surface area contributed by atoms with Crippen LogP contribution in [0.15, 0.2) is 47.4 Å². The lowest BCUT2D eigenvalue weighted by molar-refractivity contribution is -0.896. The third-order valence-corrected chi connectivity index (χ3v) is 8.09. The lowest BCUT2D eigenvalue weighted by Crippen LogP contribution is -3.15. The van der Waals surface area contributed by atoms with Crippen molar-refractivity contribution in [3.8, 4) is 0 Å². The number of carbonyl (C=O) groups is 1. The molecule has 156 valence electrons. The summed E-state index contributed by atoms with van der Waals surface area (Å²) in [6.45, 7) is 6.62. The molecule has 1 N–H and O–H groups in total. The number of nitrogens with one attached hydrogen (secondary N) is 1. The Morgan fingerprint density at radius 3 is 2.52 bits per heavy atom. The van der Waals surface area contributed by atoms with Gasteiger partial charge in [-0.1, -0.05) is 37.3 Å². The van der Waals surface area contributed by atoms with Gasteiger partial charge in [-0.05, 0) is 41.7 Å². The van der Waals surface area contributed by atoms with Gasteiger partial charge in [0.2, 0.25) is 10.0 Å². The molecule has 29 heavy (non-hydrogen) atoms. The van der Waals surface area contributed by atoms with Crippen LogP contribution in [0.5, 0.6) is 0 Å². The van der Waals surface area contributed by atoms with E-state index in [1.54, 1.807) is 16.4 Å². The number of carbonyl (C=O) groups excluding carboxylic acids is 1. The number of nitrogens with zero attached hydrogens (tertiary/aromatic N) is 2.